The lowest BCUT2D eigenvalue weighted by Gasteiger charge is -2.26. The van der Waals surface area contributed by atoms with Gasteiger partial charge < -0.3 is 28.8 Å². The summed E-state index contributed by atoms with van der Waals surface area (Å²) >= 11 is 0. The lowest BCUT2D eigenvalue weighted by atomic mass is 9.94. The van der Waals surface area contributed by atoms with Crippen LogP contribution in [0, 0.1) is 0 Å². The van der Waals surface area contributed by atoms with Gasteiger partial charge in [0.15, 0.2) is 11.5 Å². The zero-order valence-electron chi connectivity index (χ0n) is 20.7. The highest BCUT2D eigenvalue weighted by atomic mass is 16.5. The maximum atomic E-state index is 11.2. The normalized spacial score (nSPS) is 15.2. The first kappa shape index (κ1) is 24.7. The van der Waals surface area contributed by atoms with E-state index in [0.29, 0.717) is 31.2 Å². The van der Waals surface area contributed by atoms with Crippen LogP contribution in [0.4, 0.5) is 0 Å². The van der Waals surface area contributed by atoms with Crippen molar-refractivity contribution in [3.63, 3.8) is 0 Å². The average molecular weight is 480 g/mol. The van der Waals surface area contributed by atoms with Gasteiger partial charge in [0.05, 0.1) is 21.3 Å². The molecule has 0 saturated carbocycles. The number of methoxy groups -OCH3 is 3. The lowest BCUT2D eigenvalue weighted by Crippen LogP contribution is -2.30. The van der Waals surface area contributed by atoms with E-state index in [0.717, 1.165) is 40.5 Å². The molecule has 0 spiro atoms. The number of nitrogens with zero attached hydrogens (tertiary/aromatic N) is 1. The third-order valence-electron chi connectivity index (χ3n) is 6.19. The largest absolute Gasteiger partial charge is 0.496 e. The zero-order chi connectivity index (χ0) is 24.8. The van der Waals surface area contributed by atoms with Crippen LogP contribution >= 0.6 is 0 Å². The molecule has 7 heteroatoms. The van der Waals surface area contributed by atoms with Crippen molar-refractivity contribution in [3.05, 3.63) is 77.4 Å². The van der Waals surface area contributed by atoms with Crippen molar-refractivity contribution in [3.8, 4) is 28.7 Å². The molecule has 35 heavy (non-hydrogen) atoms. The van der Waals surface area contributed by atoms with Gasteiger partial charge in [-0.2, -0.15) is 0 Å². The number of ether oxygens (including phenoxy) is 5. The Morgan fingerprint density at radius 1 is 0.914 bits per heavy atom. The Labute approximate surface area is 206 Å². The summed E-state index contributed by atoms with van der Waals surface area (Å²) in [5.74, 6) is 3.58. The van der Waals surface area contributed by atoms with Crippen LogP contribution in [-0.4, -0.2) is 51.1 Å². The van der Waals surface area contributed by atoms with Crippen LogP contribution in [-0.2, 0) is 18.7 Å². The number of fused-ring (bicyclic) bond motifs is 1. The molecule has 186 valence electrons. The zero-order valence-corrected chi connectivity index (χ0v) is 20.7. The summed E-state index contributed by atoms with van der Waals surface area (Å²) in [7, 11) is 4.88. The van der Waals surface area contributed by atoms with Gasteiger partial charge in [-0.05, 0) is 42.8 Å². The Bertz CT molecular complexity index is 1130. The molecule has 0 radical (unpaired) electrons. The van der Waals surface area contributed by atoms with Gasteiger partial charge in [-0.25, -0.2) is 0 Å². The summed E-state index contributed by atoms with van der Waals surface area (Å²) in [5, 5.41) is 11.2. The smallest absolute Gasteiger partial charge is 0.164 e. The molecule has 3 aromatic carbocycles. The van der Waals surface area contributed by atoms with Crippen LogP contribution < -0.4 is 23.7 Å². The van der Waals surface area contributed by atoms with Gasteiger partial charge >= 0.3 is 0 Å². The van der Waals surface area contributed by atoms with Gasteiger partial charge in [-0.15, -0.1) is 0 Å². The molecule has 1 N–H and O–H groups in total. The number of aliphatic hydroxyl groups is 1. The van der Waals surface area contributed by atoms with Crippen molar-refractivity contribution >= 4 is 0 Å². The predicted octanol–water partition coefficient (Wildman–Crippen LogP) is 4.39. The second-order valence-corrected chi connectivity index (χ2v) is 8.78. The molecule has 0 bridgehead atoms. The Balaban J connectivity index is 1.53. The first-order valence-electron chi connectivity index (χ1n) is 11.6. The van der Waals surface area contributed by atoms with Crippen molar-refractivity contribution in [2.75, 3.05) is 41.1 Å². The van der Waals surface area contributed by atoms with E-state index in [2.05, 4.69) is 4.90 Å². The highest BCUT2D eigenvalue weighted by molar-refractivity contribution is 5.51. The fourth-order valence-electron chi connectivity index (χ4n) is 4.20. The van der Waals surface area contributed by atoms with Crippen LogP contribution in [0.5, 0.6) is 28.7 Å². The van der Waals surface area contributed by atoms with Crippen LogP contribution in [0.25, 0.3) is 0 Å². The predicted molar refractivity (Wildman–Crippen MR) is 134 cm³/mol. The third kappa shape index (κ3) is 5.81. The van der Waals surface area contributed by atoms with E-state index in [4.69, 9.17) is 23.7 Å². The number of hydrogen-bond acceptors (Lipinski definition) is 7. The molecule has 4 rings (SSSR count). The van der Waals surface area contributed by atoms with Gasteiger partial charge in [0.25, 0.3) is 0 Å². The van der Waals surface area contributed by atoms with Gasteiger partial charge in [0, 0.05) is 36.8 Å². The fourth-order valence-corrected chi connectivity index (χ4v) is 4.20. The number of para-hydroxylation sites is 1. The van der Waals surface area contributed by atoms with E-state index >= 15 is 0 Å². The first-order chi connectivity index (χ1) is 16.9. The van der Waals surface area contributed by atoms with E-state index in [9.17, 15) is 5.11 Å². The van der Waals surface area contributed by atoms with Crippen LogP contribution in [0.3, 0.4) is 0 Å². The maximum Gasteiger partial charge on any atom is 0.164 e. The Kier molecular flexibility index (Phi) is 7.68. The average Bonchev–Trinajstić information content (AvgIpc) is 3.09. The summed E-state index contributed by atoms with van der Waals surface area (Å²) in [6, 6.07) is 19.1. The lowest BCUT2D eigenvalue weighted by molar-refractivity contribution is 0.00748. The quantitative estimate of drug-likeness (QED) is 0.488. The van der Waals surface area contributed by atoms with Crippen LogP contribution in [0.15, 0.2) is 60.7 Å². The molecule has 7 nitrogen and oxygen atoms in total. The minimum absolute atomic E-state index is 0.142. The van der Waals surface area contributed by atoms with E-state index < -0.39 is 5.60 Å². The van der Waals surface area contributed by atoms with E-state index in [-0.39, 0.29) is 6.61 Å². The topological polar surface area (TPSA) is 69.6 Å². The Morgan fingerprint density at radius 3 is 2.34 bits per heavy atom. The molecule has 0 aromatic heterocycles. The molecular formula is C28H33NO6. The third-order valence-corrected chi connectivity index (χ3v) is 6.19. The summed E-state index contributed by atoms with van der Waals surface area (Å²) in [5.41, 5.74) is 1.63. The van der Waals surface area contributed by atoms with Gasteiger partial charge in [-0.1, -0.05) is 24.3 Å². The Hall–Kier alpha value is -3.42. The van der Waals surface area contributed by atoms with Crippen LogP contribution in [0.2, 0.25) is 0 Å². The summed E-state index contributed by atoms with van der Waals surface area (Å²) in [4.78, 5) is 2.29. The van der Waals surface area contributed by atoms with Crippen molar-refractivity contribution in [1.29, 1.82) is 0 Å². The van der Waals surface area contributed by atoms with Crippen molar-refractivity contribution in [1.82, 2.24) is 4.90 Å². The Morgan fingerprint density at radius 2 is 1.63 bits per heavy atom. The van der Waals surface area contributed by atoms with E-state index in [1.165, 1.54) is 0 Å². The molecular weight excluding hydrogens is 446 g/mol. The SMILES string of the molecule is COc1cc(OC)c(OC)cc1CN1CCOc2ccc(C(C)(O)COc3ccccc3)cc2C1. The summed E-state index contributed by atoms with van der Waals surface area (Å²) < 4.78 is 28.4. The van der Waals surface area contributed by atoms with E-state index in [1.54, 1.807) is 28.3 Å². The van der Waals surface area contributed by atoms with Gasteiger partial charge in [0.1, 0.15) is 36.1 Å². The minimum Gasteiger partial charge on any atom is -0.496 e. The van der Waals surface area contributed by atoms with Gasteiger partial charge in [0.2, 0.25) is 0 Å². The molecule has 1 aliphatic rings. The maximum absolute atomic E-state index is 11.2. The molecule has 0 aliphatic carbocycles. The number of hydrogen-bond donors (Lipinski definition) is 1. The molecule has 1 aliphatic heterocycles. The molecule has 0 saturated heterocycles. The standard InChI is InChI=1S/C28H33NO6/c1-28(30,19-35-23-8-6-5-7-9-23)22-10-11-24-20(14-22)17-29(12-13-34-24)18-21-15-26(32-3)27(33-4)16-25(21)31-2/h5-11,14-16,30H,12-13,17-19H2,1-4H3. The molecule has 0 amide bonds. The van der Waals surface area contributed by atoms with Gasteiger partial charge in [-0.3, -0.25) is 4.90 Å². The first-order valence-corrected chi connectivity index (χ1v) is 11.6. The molecule has 1 atom stereocenters. The molecule has 1 heterocycles. The molecule has 3 aromatic rings. The monoisotopic (exact) mass is 479 g/mol. The highest BCUT2D eigenvalue weighted by Crippen LogP contribution is 2.36. The molecule has 1 unspecified atom stereocenters. The second kappa shape index (κ2) is 10.9. The van der Waals surface area contributed by atoms with E-state index in [1.807, 2.05) is 60.7 Å². The minimum atomic E-state index is -1.16. The summed E-state index contributed by atoms with van der Waals surface area (Å²) in [6.07, 6.45) is 0. The van der Waals surface area contributed by atoms with Crippen molar-refractivity contribution < 1.29 is 28.8 Å². The number of rotatable bonds is 9. The van der Waals surface area contributed by atoms with Crippen molar-refractivity contribution in [2.45, 2.75) is 25.6 Å². The van der Waals surface area contributed by atoms with Crippen LogP contribution in [0.1, 0.15) is 23.6 Å². The molecule has 0 fully saturated rings. The summed E-state index contributed by atoms with van der Waals surface area (Å²) in [6.45, 7) is 4.52. The number of benzene rings is 3. The van der Waals surface area contributed by atoms with Crippen molar-refractivity contribution in [2.24, 2.45) is 0 Å². The highest BCUT2D eigenvalue weighted by Gasteiger charge is 2.27. The fraction of sp³-hybridized carbons (Fsp3) is 0.357. The second-order valence-electron chi connectivity index (χ2n) is 8.78.